The van der Waals surface area contributed by atoms with Crippen LogP contribution in [-0.4, -0.2) is 11.8 Å². The molecule has 0 atom stereocenters. The van der Waals surface area contributed by atoms with Crippen molar-refractivity contribution in [2.24, 2.45) is 5.41 Å². The van der Waals surface area contributed by atoms with Crippen LogP contribution < -0.4 is 10.6 Å². The molecule has 0 aromatic heterocycles. The summed E-state index contributed by atoms with van der Waals surface area (Å²) in [4.78, 5) is 25.1. The first-order valence-electron chi connectivity index (χ1n) is 8.39. The molecule has 2 aromatic carbocycles. The number of amides is 2. The zero-order valence-corrected chi connectivity index (χ0v) is 14.3. The molecule has 2 N–H and O–H groups in total. The fourth-order valence-electron chi connectivity index (χ4n) is 2.70. The predicted octanol–water partition coefficient (Wildman–Crippen LogP) is 4.31. The van der Waals surface area contributed by atoms with E-state index in [1.807, 2.05) is 24.3 Å². The highest BCUT2D eigenvalue weighted by molar-refractivity contribution is 6.16. The Hall–Kier alpha value is -2.69. The Balaban J connectivity index is 1.67. The van der Waals surface area contributed by atoms with Crippen LogP contribution in [0.5, 0.6) is 0 Å². The summed E-state index contributed by atoms with van der Waals surface area (Å²) in [5, 5.41) is 5.45. The number of carbonyl (C=O) groups is 2. The second-order valence-electron chi connectivity index (χ2n) is 6.78. The van der Waals surface area contributed by atoms with Gasteiger partial charge >= 0.3 is 0 Å². The first kappa shape index (κ1) is 17.1. The van der Waals surface area contributed by atoms with Gasteiger partial charge in [-0.1, -0.05) is 32.0 Å². The molecule has 5 heteroatoms. The fraction of sp³-hybridized carbons (Fsp3) is 0.300. The number of halogens is 1. The molecule has 0 bridgehead atoms. The molecule has 4 nitrogen and oxygen atoms in total. The van der Waals surface area contributed by atoms with Gasteiger partial charge in [-0.2, -0.15) is 0 Å². The maximum absolute atomic E-state index is 13.2. The Morgan fingerprint density at radius 1 is 0.960 bits per heavy atom. The lowest BCUT2D eigenvalue weighted by Gasteiger charge is -2.16. The van der Waals surface area contributed by atoms with Gasteiger partial charge in [0, 0.05) is 11.4 Å². The third kappa shape index (κ3) is 3.71. The minimum Gasteiger partial charge on any atom is -0.325 e. The summed E-state index contributed by atoms with van der Waals surface area (Å²) in [6, 6.07) is 13.3. The van der Waals surface area contributed by atoms with Crippen molar-refractivity contribution in [3.63, 3.8) is 0 Å². The Morgan fingerprint density at radius 2 is 1.56 bits per heavy atom. The number of carbonyl (C=O) groups excluding carboxylic acids is 2. The molecule has 0 aliphatic heterocycles. The Morgan fingerprint density at radius 3 is 2.08 bits per heavy atom. The van der Waals surface area contributed by atoms with Crippen LogP contribution in [0.2, 0.25) is 0 Å². The number of hydrogen-bond acceptors (Lipinski definition) is 2. The van der Waals surface area contributed by atoms with Crippen LogP contribution in [-0.2, 0) is 9.59 Å². The summed E-state index contributed by atoms with van der Waals surface area (Å²) in [5.41, 5.74) is 1.14. The highest BCUT2D eigenvalue weighted by Gasteiger charge is 2.56. The van der Waals surface area contributed by atoms with E-state index in [2.05, 4.69) is 24.5 Å². The normalized spacial score (nSPS) is 14.9. The lowest BCUT2D eigenvalue weighted by Crippen LogP contribution is -2.35. The lowest BCUT2D eigenvalue weighted by molar-refractivity contribution is -0.131. The maximum Gasteiger partial charge on any atom is 0.240 e. The van der Waals surface area contributed by atoms with Crippen molar-refractivity contribution >= 4 is 23.2 Å². The van der Waals surface area contributed by atoms with Crippen LogP contribution in [0.15, 0.2) is 48.5 Å². The number of rotatable bonds is 5. The maximum atomic E-state index is 13.2. The van der Waals surface area contributed by atoms with E-state index in [0.717, 1.165) is 0 Å². The fourth-order valence-corrected chi connectivity index (χ4v) is 2.70. The molecule has 2 aromatic rings. The van der Waals surface area contributed by atoms with Crippen molar-refractivity contribution in [1.29, 1.82) is 0 Å². The van der Waals surface area contributed by atoms with Gasteiger partial charge in [0.05, 0.1) is 0 Å². The smallest absolute Gasteiger partial charge is 0.240 e. The van der Waals surface area contributed by atoms with Gasteiger partial charge in [-0.15, -0.1) is 0 Å². The number of hydrogen-bond donors (Lipinski definition) is 2. The van der Waals surface area contributed by atoms with E-state index in [1.54, 1.807) is 6.07 Å². The number of anilines is 2. The minimum atomic E-state index is -1.07. The topological polar surface area (TPSA) is 58.2 Å². The molecular weight excluding hydrogens is 319 g/mol. The molecule has 1 aliphatic rings. The zero-order valence-electron chi connectivity index (χ0n) is 14.3. The molecule has 1 fully saturated rings. The van der Waals surface area contributed by atoms with Gasteiger partial charge in [0.1, 0.15) is 11.2 Å². The Kier molecular flexibility index (Phi) is 4.57. The molecule has 2 amide bonds. The molecule has 1 aliphatic carbocycles. The molecule has 0 saturated heterocycles. The molecule has 1 saturated carbocycles. The lowest BCUT2D eigenvalue weighted by atomic mass is 10.0. The summed E-state index contributed by atoms with van der Waals surface area (Å²) in [6.45, 7) is 4.20. The van der Waals surface area contributed by atoms with Crippen LogP contribution in [0.4, 0.5) is 15.8 Å². The van der Waals surface area contributed by atoms with Crippen molar-refractivity contribution in [3.8, 4) is 0 Å². The van der Waals surface area contributed by atoms with Crippen LogP contribution in [0, 0.1) is 11.2 Å². The van der Waals surface area contributed by atoms with Crippen LogP contribution >= 0.6 is 0 Å². The number of nitrogens with one attached hydrogen (secondary N) is 2. The third-order valence-corrected chi connectivity index (χ3v) is 4.54. The van der Waals surface area contributed by atoms with E-state index in [0.29, 0.717) is 30.1 Å². The standard InChI is InChI=1S/C20H21FN2O2/c1-13(2)14-6-8-16(9-7-14)22-18(24)20(10-11-20)19(25)23-17-5-3-4-15(21)12-17/h3-9,12-13H,10-11H2,1-2H3,(H,22,24)(H,23,25). The molecule has 0 unspecified atom stereocenters. The average molecular weight is 340 g/mol. The van der Waals surface area contributed by atoms with Gasteiger partial charge in [-0.05, 0) is 54.7 Å². The van der Waals surface area contributed by atoms with E-state index < -0.39 is 17.1 Å². The van der Waals surface area contributed by atoms with E-state index in [-0.39, 0.29) is 5.91 Å². The highest BCUT2D eigenvalue weighted by Crippen LogP contribution is 2.47. The van der Waals surface area contributed by atoms with Gasteiger partial charge in [-0.3, -0.25) is 9.59 Å². The Labute approximate surface area is 146 Å². The second kappa shape index (κ2) is 6.67. The zero-order chi connectivity index (χ0) is 18.0. The quantitative estimate of drug-likeness (QED) is 0.797. The monoisotopic (exact) mass is 340 g/mol. The minimum absolute atomic E-state index is 0.321. The van der Waals surface area contributed by atoms with Crippen LogP contribution in [0.25, 0.3) is 0 Å². The third-order valence-electron chi connectivity index (χ3n) is 4.54. The first-order chi connectivity index (χ1) is 11.9. The summed E-state index contributed by atoms with van der Waals surface area (Å²) in [6.07, 6.45) is 0.980. The van der Waals surface area contributed by atoms with Crippen molar-refractivity contribution in [1.82, 2.24) is 0 Å². The van der Waals surface area contributed by atoms with Crippen molar-refractivity contribution in [3.05, 3.63) is 59.9 Å². The molecular formula is C20H21FN2O2. The highest BCUT2D eigenvalue weighted by atomic mass is 19.1. The molecule has 0 heterocycles. The second-order valence-corrected chi connectivity index (χ2v) is 6.78. The van der Waals surface area contributed by atoms with E-state index in [4.69, 9.17) is 0 Å². The van der Waals surface area contributed by atoms with Crippen molar-refractivity contribution in [2.75, 3.05) is 10.6 Å². The summed E-state index contributed by atoms with van der Waals surface area (Å²) >= 11 is 0. The largest absolute Gasteiger partial charge is 0.325 e. The van der Waals surface area contributed by atoms with Crippen LogP contribution in [0.3, 0.4) is 0 Å². The SMILES string of the molecule is CC(C)c1ccc(NC(=O)C2(C(=O)Nc3cccc(F)c3)CC2)cc1. The Bertz CT molecular complexity index is 796. The van der Waals surface area contributed by atoms with Crippen LogP contribution in [0.1, 0.15) is 38.2 Å². The number of benzene rings is 2. The van der Waals surface area contributed by atoms with Gasteiger partial charge in [-0.25, -0.2) is 4.39 Å². The molecule has 130 valence electrons. The molecule has 0 spiro atoms. The van der Waals surface area contributed by atoms with E-state index in [9.17, 15) is 14.0 Å². The summed E-state index contributed by atoms with van der Waals surface area (Å²) in [5.74, 6) is -0.734. The van der Waals surface area contributed by atoms with Gasteiger partial charge < -0.3 is 10.6 Å². The molecule has 0 radical (unpaired) electrons. The molecule has 25 heavy (non-hydrogen) atoms. The van der Waals surface area contributed by atoms with Crippen molar-refractivity contribution in [2.45, 2.75) is 32.6 Å². The first-order valence-corrected chi connectivity index (χ1v) is 8.39. The summed E-state index contributed by atoms with van der Waals surface area (Å²) < 4.78 is 13.2. The summed E-state index contributed by atoms with van der Waals surface area (Å²) in [7, 11) is 0. The molecule has 3 rings (SSSR count). The van der Waals surface area contributed by atoms with Gasteiger partial charge in [0.25, 0.3) is 0 Å². The predicted molar refractivity (Wildman–Crippen MR) is 95.9 cm³/mol. The van der Waals surface area contributed by atoms with Gasteiger partial charge in [0.15, 0.2) is 0 Å². The average Bonchev–Trinajstić information content (AvgIpc) is 3.37. The van der Waals surface area contributed by atoms with E-state index >= 15 is 0 Å². The van der Waals surface area contributed by atoms with E-state index in [1.165, 1.54) is 23.8 Å². The van der Waals surface area contributed by atoms with Gasteiger partial charge in [0.2, 0.25) is 11.8 Å². The van der Waals surface area contributed by atoms with Crippen molar-refractivity contribution < 1.29 is 14.0 Å².